The summed E-state index contributed by atoms with van der Waals surface area (Å²) in [5, 5.41) is 3.45. The molecule has 0 heterocycles. The monoisotopic (exact) mass is 285 g/mol. The Bertz CT molecular complexity index is 384. The Morgan fingerprint density at radius 2 is 1.63 bits per heavy atom. The van der Waals surface area contributed by atoms with Crippen molar-refractivity contribution in [2.24, 2.45) is 0 Å². The van der Waals surface area contributed by atoms with Crippen molar-refractivity contribution in [2.75, 3.05) is 12.3 Å². The first-order chi connectivity index (χ1) is 8.77. The maximum Gasteiger partial charge on any atom is 0.130 e. The van der Waals surface area contributed by atoms with Gasteiger partial charge in [-0.2, -0.15) is 0 Å². The molecule has 0 aromatic heterocycles. The number of nitrogens with one attached hydrogen (secondary N) is 1. The zero-order valence-corrected chi connectivity index (χ0v) is 13.0. The summed E-state index contributed by atoms with van der Waals surface area (Å²) in [6.07, 6.45) is 0.917. The van der Waals surface area contributed by atoms with Gasteiger partial charge in [0.25, 0.3) is 0 Å². The van der Waals surface area contributed by atoms with Crippen LogP contribution in [0.15, 0.2) is 24.3 Å². The Morgan fingerprint density at radius 3 is 2.11 bits per heavy atom. The van der Waals surface area contributed by atoms with Crippen molar-refractivity contribution in [1.29, 1.82) is 0 Å². The van der Waals surface area contributed by atoms with Gasteiger partial charge in [-0.05, 0) is 63.8 Å². The van der Waals surface area contributed by atoms with Gasteiger partial charge in [-0.1, -0.05) is 24.3 Å². The van der Waals surface area contributed by atoms with Crippen LogP contribution in [-0.2, 0) is 11.2 Å². The second-order valence-corrected chi connectivity index (χ2v) is 6.45. The fourth-order valence-corrected chi connectivity index (χ4v) is 2.20. The van der Waals surface area contributed by atoms with Crippen LogP contribution < -0.4 is 5.32 Å². The summed E-state index contributed by atoms with van der Waals surface area (Å²) in [5.41, 5.74) is 0.383. The lowest BCUT2D eigenvalue weighted by Crippen LogP contribution is -2.37. The van der Waals surface area contributed by atoms with Gasteiger partial charge in [-0.25, -0.2) is 4.39 Å². The summed E-state index contributed by atoms with van der Waals surface area (Å²) in [6.45, 7) is 8.19. The largest absolute Gasteiger partial charge is 0.330 e. The van der Waals surface area contributed by atoms with Gasteiger partial charge in [0.1, 0.15) is 5.67 Å². The first-order valence-electron chi connectivity index (χ1n) is 6.59. The molecular formula is C15H24FNOS. The molecular weight excluding hydrogens is 261 g/mol. The molecule has 19 heavy (non-hydrogen) atoms. The molecule has 1 aromatic carbocycles. The molecule has 0 radical (unpaired) electrons. The molecule has 0 aliphatic rings. The van der Waals surface area contributed by atoms with E-state index in [9.17, 15) is 4.39 Å². The highest BCUT2D eigenvalue weighted by atomic mass is 32.2. The van der Waals surface area contributed by atoms with E-state index < -0.39 is 5.67 Å². The topological polar surface area (TPSA) is 32.3 Å². The van der Waals surface area contributed by atoms with E-state index in [0.717, 1.165) is 36.3 Å². The second kappa shape index (κ2) is 6.73. The van der Waals surface area contributed by atoms with Gasteiger partial charge >= 0.3 is 0 Å². The number of halogens is 1. The number of hydrogen-bond acceptors (Lipinski definition) is 3. The van der Waals surface area contributed by atoms with Crippen molar-refractivity contribution in [1.82, 2.24) is 5.32 Å². The Hall–Kier alpha value is -0.580. The van der Waals surface area contributed by atoms with Crippen LogP contribution in [0, 0.1) is 0 Å². The standard InChI is InChI=1S/C15H24FNOS/c1-14(2,16)12-6-8-13(9-7-12)15(3,4)17-10-5-11-19-18/h6-9,17-18H,5,10-11H2,1-4H3. The van der Waals surface area contributed by atoms with Crippen molar-refractivity contribution in [3.63, 3.8) is 0 Å². The van der Waals surface area contributed by atoms with Crippen molar-refractivity contribution in [3.8, 4) is 0 Å². The van der Waals surface area contributed by atoms with Crippen LogP contribution in [0.25, 0.3) is 0 Å². The summed E-state index contributed by atoms with van der Waals surface area (Å²) in [7, 11) is 0. The van der Waals surface area contributed by atoms with Crippen molar-refractivity contribution >= 4 is 12.0 Å². The fourth-order valence-electron chi connectivity index (χ4n) is 1.92. The van der Waals surface area contributed by atoms with Crippen molar-refractivity contribution < 1.29 is 8.94 Å². The number of benzene rings is 1. The molecule has 0 amide bonds. The van der Waals surface area contributed by atoms with Gasteiger partial charge in [0, 0.05) is 11.3 Å². The highest BCUT2D eigenvalue weighted by Crippen LogP contribution is 2.27. The van der Waals surface area contributed by atoms with E-state index in [1.54, 1.807) is 13.8 Å². The molecule has 0 bridgehead atoms. The summed E-state index contributed by atoms with van der Waals surface area (Å²) < 4.78 is 22.5. The smallest absolute Gasteiger partial charge is 0.130 e. The maximum absolute atomic E-state index is 13.8. The van der Waals surface area contributed by atoms with Gasteiger partial charge in [0.15, 0.2) is 0 Å². The number of alkyl halides is 1. The fraction of sp³-hybridized carbons (Fsp3) is 0.600. The lowest BCUT2D eigenvalue weighted by Gasteiger charge is -2.28. The minimum atomic E-state index is -1.30. The first-order valence-corrected chi connectivity index (χ1v) is 7.53. The molecule has 1 rings (SSSR count). The van der Waals surface area contributed by atoms with Gasteiger partial charge in [-0.15, -0.1) is 0 Å². The third-order valence-corrected chi connectivity index (χ3v) is 3.74. The van der Waals surface area contributed by atoms with Crippen molar-refractivity contribution in [3.05, 3.63) is 35.4 Å². The third kappa shape index (κ3) is 5.13. The molecule has 108 valence electrons. The van der Waals surface area contributed by atoms with E-state index in [-0.39, 0.29) is 5.54 Å². The lowest BCUT2D eigenvalue weighted by atomic mass is 9.91. The van der Waals surface area contributed by atoms with Crippen LogP contribution in [0.4, 0.5) is 4.39 Å². The van der Waals surface area contributed by atoms with E-state index in [0.29, 0.717) is 5.56 Å². The summed E-state index contributed by atoms with van der Waals surface area (Å²) in [5.74, 6) is 0.734. The summed E-state index contributed by atoms with van der Waals surface area (Å²) in [6, 6.07) is 7.65. The molecule has 0 fully saturated rings. The molecule has 2 nitrogen and oxygen atoms in total. The van der Waals surface area contributed by atoms with Gasteiger partial charge in [0.05, 0.1) is 0 Å². The minimum absolute atomic E-state index is 0.154. The molecule has 0 atom stereocenters. The van der Waals surface area contributed by atoms with Crippen molar-refractivity contribution in [2.45, 2.75) is 45.3 Å². The highest BCUT2D eigenvalue weighted by molar-refractivity contribution is 7.93. The van der Waals surface area contributed by atoms with Crippen LogP contribution in [0.2, 0.25) is 0 Å². The molecule has 4 heteroatoms. The predicted octanol–water partition coefficient (Wildman–Crippen LogP) is 4.31. The average Bonchev–Trinajstić information content (AvgIpc) is 2.34. The van der Waals surface area contributed by atoms with E-state index in [1.165, 1.54) is 0 Å². The molecule has 0 aliphatic heterocycles. The highest BCUT2D eigenvalue weighted by Gasteiger charge is 2.22. The summed E-state index contributed by atoms with van der Waals surface area (Å²) in [4.78, 5) is 0. The number of rotatable bonds is 7. The van der Waals surface area contributed by atoms with Crippen LogP contribution in [0.5, 0.6) is 0 Å². The van der Waals surface area contributed by atoms with Crippen LogP contribution in [0.1, 0.15) is 45.2 Å². The lowest BCUT2D eigenvalue weighted by molar-refractivity contribution is 0.221. The van der Waals surface area contributed by atoms with Crippen LogP contribution in [-0.4, -0.2) is 16.9 Å². The Labute approximate surface area is 120 Å². The van der Waals surface area contributed by atoms with E-state index in [2.05, 4.69) is 19.2 Å². The van der Waals surface area contributed by atoms with E-state index in [1.807, 2.05) is 24.3 Å². The molecule has 0 spiro atoms. The molecule has 1 aromatic rings. The van der Waals surface area contributed by atoms with Gasteiger partial charge < -0.3 is 9.87 Å². The summed E-state index contributed by atoms with van der Waals surface area (Å²) >= 11 is 0.871. The average molecular weight is 285 g/mol. The minimum Gasteiger partial charge on any atom is -0.330 e. The molecule has 0 saturated heterocycles. The van der Waals surface area contributed by atoms with Crippen LogP contribution in [0.3, 0.4) is 0 Å². The predicted molar refractivity (Wildman–Crippen MR) is 81.3 cm³/mol. The molecule has 0 unspecified atom stereocenters. The SMILES string of the molecule is CC(C)(F)c1ccc(C(C)(C)NCCCSO)cc1. The molecule has 0 saturated carbocycles. The third-order valence-electron chi connectivity index (χ3n) is 3.27. The Kier molecular flexibility index (Phi) is 5.83. The zero-order valence-electron chi connectivity index (χ0n) is 12.2. The molecule has 2 N–H and O–H groups in total. The Morgan fingerprint density at radius 1 is 1.11 bits per heavy atom. The molecule has 0 aliphatic carbocycles. The Balaban J connectivity index is 2.68. The van der Waals surface area contributed by atoms with Gasteiger partial charge in [0.2, 0.25) is 0 Å². The zero-order chi connectivity index (χ0) is 14.5. The second-order valence-electron chi connectivity index (χ2n) is 5.79. The van der Waals surface area contributed by atoms with Crippen LogP contribution >= 0.6 is 12.0 Å². The first kappa shape index (κ1) is 16.5. The maximum atomic E-state index is 13.8. The van der Waals surface area contributed by atoms with E-state index >= 15 is 0 Å². The normalized spacial score (nSPS) is 12.7. The quantitative estimate of drug-likeness (QED) is 0.578. The number of hydrogen-bond donors (Lipinski definition) is 2. The van der Waals surface area contributed by atoms with Gasteiger partial charge in [-0.3, -0.25) is 0 Å². The van der Waals surface area contributed by atoms with E-state index in [4.69, 9.17) is 4.55 Å².